The molecule has 1 aromatic rings. The second kappa shape index (κ2) is 4.60. The van der Waals surface area contributed by atoms with E-state index in [9.17, 15) is 0 Å². The van der Waals surface area contributed by atoms with Crippen molar-refractivity contribution in [2.24, 2.45) is 5.41 Å². The summed E-state index contributed by atoms with van der Waals surface area (Å²) in [6.07, 6.45) is 8.84. The number of rotatable bonds is 3. The molecule has 0 aromatic carbocycles. The molecule has 84 valence electrons. The number of hydrogen-bond donors (Lipinski definition) is 1. The SMILES string of the molecule is Cc1ccn(CC2(CS)CCCCC2)n1. The molecule has 2 rings (SSSR count). The lowest BCUT2D eigenvalue weighted by molar-refractivity contribution is 0.182. The molecule has 15 heavy (non-hydrogen) atoms. The molecule has 0 bridgehead atoms. The second-order valence-corrected chi connectivity index (χ2v) is 5.19. The summed E-state index contributed by atoms with van der Waals surface area (Å²) >= 11 is 4.55. The summed E-state index contributed by atoms with van der Waals surface area (Å²) in [6, 6.07) is 2.08. The molecule has 2 nitrogen and oxygen atoms in total. The van der Waals surface area contributed by atoms with Crippen LogP contribution in [-0.4, -0.2) is 15.5 Å². The molecule has 0 radical (unpaired) electrons. The van der Waals surface area contributed by atoms with Crippen LogP contribution >= 0.6 is 12.6 Å². The van der Waals surface area contributed by atoms with E-state index in [2.05, 4.69) is 34.7 Å². The van der Waals surface area contributed by atoms with Gasteiger partial charge in [0, 0.05) is 12.7 Å². The Balaban J connectivity index is 2.06. The van der Waals surface area contributed by atoms with Crippen LogP contribution in [0.1, 0.15) is 37.8 Å². The first kappa shape index (κ1) is 11.1. The molecule has 0 N–H and O–H groups in total. The zero-order chi connectivity index (χ0) is 10.7. The first-order chi connectivity index (χ1) is 7.24. The highest BCUT2D eigenvalue weighted by Gasteiger charge is 2.31. The van der Waals surface area contributed by atoms with Crippen LogP contribution in [0.3, 0.4) is 0 Å². The lowest BCUT2D eigenvalue weighted by Crippen LogP contribution is -2.31. The molecule has 1 aliphatic rings. The van der Waals surface area contributed by atoms with Crippen LogP contribution in [0.2, 0.25) is 0 Å². The molecule has 0 atom stereocenters. The maximum absolute atomic E-state index is 4.55. The highest BCUT2D eigenvalue weighted by atomic mass is 32.1. The lowest BCUT2D eigenvalue weighted by Gasteiger charge is -2.35. The molecule has 1 saturated carbocycles. The molecule has 0 aliphatic heterocycles. The van der Waals surface area contributed by atoms with Crippen molar-refractivity contribution in [3.8, 4) is 0 Å². The Labute approximate surface area is 97.5 Å². The number of aromatic nitrogens is 2. The summed E-state index contributed by atoms with van der Waals surface area (Å²) in [4.78, 5) is 0. The van der Waals surface area contributed by atoms with Gasteiger partial charge >= 0.3 is 0 Å². The minimum atomic E-state index is 0.403. The van der Waals surface area contributed by atoms with Crippen molar-refractivity contribution >= 4 is 12.6 Å². The van der Waals surface area contributed by atoms with E-state index in [4.69, 9.17) is 0 Å². The topological polar surface area (TPSA) is 17.8 Å². The van der Waals surface area contributed by atoms with Gasteiger partial charge in [-0.3, -0.25) is 4.68 Å². The van der Waals surface area contributed by atoms with E-state index < -0.39 is 0 Å². The van der Waals surface area contributed by atoms with Gasteiger partial charge in [-0.1, -0.05) is 19.3 Å². The van der Waals surface area contributed by atoms with Gasteiger partial charge in [0.2, 0.25) is 0 Å². The van der Waals surface area contributed by atoms with Gasteiger partial charge in [-0.15, -0.1) is 0 Å². The summed E-state index contributed by atoms with van der Waals surface area (Å²) in [5.41, 5.74) is 1.51. The largest absolute Gasteiger partial charge is 0.272 e. The highest BCUT2D eigenvalue weighted by Crippen LogP contribution is 2.38. The van der Waals surface area contributed by atoms with Gasteiger partial charge < -0.3 is 0 Å². The molecule has 1 fully saturated rings. The zero-order valence-electron chi connectivity index (χ0n) is 9.45. The molecule has 3 heteroatoms. The lowest BCUT2D eigenvalue weighted by atomic mass is 9.75. The average molecular weight is 224 g/mol. The quantitative estimate of drug-likeness (QED) is 0.781. The van der Waals surface area contributed by atoms with Crippen LogP contribution in [-0.2, 0) is 6.54 Å². The van der Waals surface area contributed by atoms with Crippen molar-refractivity contribution in [3.63, 3.8) is 0 Å². The summed E-state index contributed by atoms with van der Waals surface area (Å²) in [5.74, 6) is 0.992. The van der Waals surface area contributed by atoms with E-state index in [1.165, 1.54) is 32.1 Å². The molecular formula is C12H20N2S. The standard InChI is InChI=1S/C12H20N2S/c1-11-5-8-14(13-11)9-12(10-15)6-3-2-4-7-12/h5,8,15H,2-4,6-7,9-10H2,1H3. The minimum Gasteiger partial charge on any atom is -0.272 e. The van der Waals surface area contributed by atoms with Crippen LogP contribution in [0.25, 0.3) is 0 Å². The van der Waals surface area contributed by atoms with Crippen molar-refractivity contribution < 1.29 is 0 Å². The normalized spacial score (nSPS) is 20.4. The van der Waals surface area contributed by atoms with Crippen molar-refractivity contribution in [2.75, 3.05) is 5.75 Å². The number of hydrogen-bond acceptors (Lipinski definition) is 2. The van der Waals surface area contributed by atoms with Crippen LogP contribution in [0, 0.1) is 12.3 Å². The van der Waals surface area contributed by atoms with Gasteiger partial charge in [0.1, 0.15) is 0 Å². The van der Waals surface area contributed by atoms with Crippen LogP contribution < -0.4 is 0 Å². The van der Waals surface area contributed by atoms with Crippen molar-refractivity contribution in [2.45, 2.75) is 45.6 Å². The Morgan fingerprint density at radius 2 is 2.13 bits per heavy atom. The van der Waals surface area contributed by atoms with Crippen molar-refractivity contribution in [1.29, 1.82) is 0 Å². The first-order valence-corrected chi connectivity index (χ1v) is 6.48. The zero-order valence-corrected chi connectivity index (χ0v) is 10.3. The van der Waals surface area contributed by atoms with Gasteiger partial charge in [0.05, 0.1) is 5.69 Å². The fourth-order valence-electron chi connectivity index (χ4n) is 2.56. The highest BCUT2D eigenvalue weighted by molar-refractivity contribution is 7.80. The van der Waals surface area contributed by atoms with Crippen LogP contribution in [0.5, 0.6) is 0 Å². The van der Waals surface area contributed by atoms with Gasteiger partial charge in [0.25, 0.3) is 0 Å². The summed E-state index contributed by atoms with van der Waals surface area (Å²) in [5, 5.41) is 4.48. The Kier molecular flexibility index (Phi) is 3.39. The third-order valence-electron chi connectivity index (χ3n) is 3.52. The number of nitrogens with zero attached hydrogens (tertiary/aromatic N) is 2. The van der Waals surface area contributed by atoms with E-state index >= 15 is 0 Å². The molecule has 0 spiro atoms. The minimum absolute atomic E-state index is 0.403. The summed E-state index contributed by atoms with van der Waals surface area (Å²) < 4.78 is 2.09. The second-order valence-electron chi connectivity index (χ2n) is 4.87. The van der Waals surface area contributed by atoms with Crippen molar-refractivity contribution in [1.82, 2.24) is 9.78 Å². The fourth-order valence-corrected chi connectivity index (χ4v) is 2.98. The maximum Gasteiger partial charge on any atom is 0.0593 e. The third kappa shape index (κ3) is 2.57. The van der Waals surface area contributed by atoms with Gasteiger partial charge in [-0.05, 0) is 37.0 Å². The van der Waals surface area contributed by atoms with E-state index in [-0.39, 0.29) is 0 Å². The Morgan fingerprint density at radius 3 is 2.67 bits per heavy atom. The summed E-state index contributed by atoms with van der Waals surface area (Å²) in [7, 11) is 0. The Hall–Kier alpha value is -0.440. The Bertz CT molecular complexity index is 313. The molecular weight excluding hydrogens is 204 g/mol. The molecule has 1 heterocycles. The predicted molar refractivity (Wildman–Crippen MR) is 66.3 cm³/mol. The fraction of sp³-hybridized carbons (Fsp3) is 0.750. The van der Waals surface area contributed by atoms with E-state index in [1.807, 2.05) is 6.92 Å². The van der Waals surface area contributed by atoms with Crippen molar-refractivity contribution in [3.05, 3.63) is 18.0 Å². The molecule has 0 unspecified atom stereocenters. The Morgan fingerprint density at radius 1 is 1.40 bits per heavy atom. The monoisotopic (exact) mass is 224 g/mol. The first-order valence-electron chi connectivity index (χ1n) is 5.85. The smallest absolute Gasteiger partial charge is 0.0593 e. The molecule has 1 aliphatic carbocycles. The van der Waals surface area contributed by atoms with E-state index in [0.717, 1.165) is 18.0 Å². The molecule has 0 saturated heterocycles. The third-order valence-corrected chi connectivity index (χ3v) is 4.19. The molecule has 1 aromatic heterocycles. The van der Waals surface area contributed by atoms with E-state index in [0.29, 0.717) is 5.41 Å². The number of thiol groups is 1. The van der Waals surface area contributed by atoms with Crippen LogP contribution in [0.4, 0.5) is 0 Å². The average Bonchev–Trinajstić information content (AvgIpc) is 2.65. The van der Waals surface area contributed by atoms with E-state index in [1.54, 1.807) is 0 Å². The molecule has 0 amide bonds. The summed E-state index contributed by atoms with van der Waals surface area (Å²) in [6.45, 7) is 3.09. The van der Waals surface area contributed by atoms with Gasteiger partial charge in [-0.25, -0.2) is 0 Å². The van der Waals surface area contributed by atoms with Crippen LogP contribution in [0.15, 0.2) is 12.3 Å². The van der Waals surface area contributed by atoms with Gasteiger partial charge in [-0.2, -0.15) is 17.7 Å². The predicted octanol–water partition coefficient (Wildman–Crippen LogP) is 3.07. The maximum atomic E-state index is 4.55. The number of aryl methyl sites for hydroxylation is 1. The van der Waals surface area contributed by atoms with Gasteiger partial charge in [0.15, 0.2) is 0 Å².